The van der Waals surface area contributed by atoms with Crippen molar-refractivity contribution < 1.29 is 19.7 Å². The molecule has 24 heavy (non-hydrogen) atoms. The molecular formula is C19H21NO4. The van der Waals surface area contributed by atoms with Crippen LogP contribution in [0.15, 0.2) is 54.6 Å². The molecule has 2 aromatic rings. The van der Waals surface area contributed by atoms with Gasteiger partial charge in [-0.25, -0.2) is 0 Å². The quantitative estimate of drug-likeness (QED) is 0.905. The zero-order valence-corrected chi connectivity index (χ0v) is 13.4. The third-order valence-corrected chi connectivity index (χ3v) is 4.23. The van der Waals surface area contributed by atoms with Gasteiger partial charge in [0.2, 0.25) is 0 Å². The molecule has 1 atom stereocenters. The Balaban J connectivity index is 1.83. The summed E-state index contributed by atoms with van der Waals surface area (Å²) in [5.41, 5.74) is -0.771. The average Bonchev–Trinajstić information content (AvgIpc) is 2.62. The zero-order chi connectivity index (χ0) is 17.0. The number of piperidine rings is 1. The Morgan fingerprint density at radius 2 is 1.83 bits per heavy atom. The summed E-state index contributed by atoms with van der Waals surface area (Å²) in [4.78, 5) is 14.4. The van der Waals surface area contributed by atoms with Crippen LogP contribution in [-0.4, -0.2) is 46.3 Å². The molecule has 2 aromatic carbocycles. The van der Waals surface area contributed by atoms with Crippen molar-refractivity contribution in [3.63, 3.8) is 0 Å². The minimum atomic E-state index is -1.22. The number of aliphatic hydroxyl groups excluding tert-OH is 1. The van der Waals surface area contributed by atoms with Gasteiger partial charge in [-0.2, -0.15) is 0 Å². The van der Waals surface area contributed by atoms with E-state index in [4.69, 9.17) is 4.74 Å². The molecule has 126 valence electrons. The van der Waals surface area contributed by atoms with Gasteiger partial charge < -0.3 is 19.8 Å². The number of likely N-dealkylation sites (tertiary alicyclic amines) is 1. The fourth-order valence-electron chi connectivity index (χ4n) is 2.93. The van der Waals surface area contributed by atoms with Gasteiger partial charge in [0.25, 0.3) is 5.91 Å². The average molecular weight is 327 g/mol. The minimum absolute atomic E-state index is 0.127. The third-order valence-electron chi connectivity index (χ3n) is 4.23. The molecule has 1 aliphatic rings. The van der Waals surface area contributed by atoms with E-state index in [1.54, 1.807) is 23.1 Å². The Morgan fingerprint density at radius 1 is 1.12 bits per heavy atom. The summed E-state index contributed by atoms with van der Waals surface area (Å²) in [6.07, 6.45) is 1.15. The lowest BCUT2D eigenvalue weighted by molar-refractivity contribution is -0.0598. The summed E-state index contributed by atoms with van der Waals surface area (Å²) in [6.45, 7) is 0.335. The highest BCUT2D eigenvalue weighted by atomic mass is 16.5. The Bertz CT molecular complexity index is 704. The van der Waals surface area contributed by atoms with Gasteiger partial charge in [-0.15, -0.1) is 0 Å². The van der Waals surface area contributed by atoms with Crippen molar-refractivity contribution in [3.8, 4) is 11.5 Å². The molecular weight excluding hydrogens is 306 g/mol. The number of β-amino-alcohol motifs (C(OH)–C–C–N with tert-alkyl or cyclic N) is 1. The molecule has 1 unspecified atom stereocenters. The highest BCUT2D eigenvalue weighted by molar-refractivity contribution is 5.97. The molecule has 1 heterocycles. The molecule has 1 fully saturated rings. The maximum absolute atomic E-state index is 12.9. The van der Waals surface area contributed by atoms with E-state index in [2.05, 4.69) is 0 Å². The molecule has 5 heteroatoms. The lowest BCUT2D eigenvalue weighted by Crippen LogP contribution is -2.52. The number of hydrogen-bond donors (Lipinski definition) is 2. The number of amides is 1. The van der Waals surface area contributed by atoms with Gasteiger partial charge in [0.15, 0.2) is 0 Å². The number of benzene rings is 2. The molecule has 0 radical (unpaired) electrons. The first-order valence-corrected chi connectivity index (χ1v) is 8.06. The molecule has 0 saturated carbocycles. The Hall–Kier alpha value is -2.37. The van der Waals surface area contributed by atoms with Crippen molar-refractivity contribution in [1.82, 2.24) is 4.90 Å². The van der Waals surface area contributed by atoms with Crippen molar-refractivity contribution in [1.29, 1.82) is 0 Å². The fraction of sp³-hybridized carbons (Fsp3) is 0.316. The second-order valence-corrected chi connectivity index (χ2v) is 6.12. The number of aliphatic hydroxyl groups is 2. The second-order valence-electron chi connectivity index (χ2n) is 6.12. The maximum atomic E-state index is 12.9. The largest absolute Gasteiger partial charge is 0.457 e. The molecule has 0 aromatic heterocycles. The van der Waals surface area contributed by atoms with Crippen LogP contribution in [0.25, 0.3) is 0 Å². The summed E-state index contributed by atoms with van der Waals surface area (Å²) in [7, 11) is 0. The standard InChI is InChI=1S/C19H21NO4/c21-14-19(23)11-6-12-20(13-19)18(22)16-9-4-5-10-17(16)24-15-7-2-1-3-8-15/h1-5,7-10,21,23H,6,11-14H2. The van der Waals surface area contributed by atoms with Gasteiger partial charge in [-0.05, 0) is 37.1 Å². The van der Waals surface area contributed by atoms with Crippen molar-refractivity contribution >= 4 is 5.91 Å². The van der Waals surface area contributed by atoms with E-state index >= 15 is 0 Å². The van der Waals surface area contributed by atoms with Crippen LogP contribution in [0.4, 0.5) is 0 Å². The Labute approximate surface area is 141 Å². The van der Waals surface area contributed by atoms with Gasteiger partial charge in [0, 0.05) is 6.54 Å². The van der Waals surface area contributed by atoms with Crippen LogP contribution in [0.5, 0.6) is 11.5 Å². The number of nitrogens with zero attached hydrogens (tertiary/aromatic N) is 1. The van der Waals surface area contributed by atoms with E-state index in [-0.39, 0.29) is 19.1 Å². The first-order chi connectivity index (χ1) is 11.6. The number of rotatable bonds is 4. The minimum Gasteiger partial charge on any atom is -0.457 e. The molecule has 0 spiro atoms. The number of ether oxygens (including phenoxy) is 1. The summed E-state index contributed by atoms with van der Waals surface area (Å²) in [6, 6.07) is 16.3. The molecule has 1 saturated heterocycles. The summed E-state index contributed by atoms with van der Waals surface area (Å²) in [5, 5.41) is 19.6. The molecule has 1 amide bonds. The lowest BCUT2D eigenvalue weighted by Gasteiger charge is -2.38. The first-order valence-electron chi connectivity index (χ1n) is 8.06. The highest BCUT2D eigenvalue weighted by Gasteiger charge is 2.35. The van der Waals surface area contributed by atoms with E-state index in [9.17, 15) is 15.0 Å². The normalized spacial score (nSPS) is 20.7. The lowest BCUT2D eigenvalue weighted by atomic mass is 9.93. The van der Waals surface area contributed by atoms with Crippen molar-refractivity contribution in [3.05, 3.63) is 60.2 Å². The van der Waals surface area contributed by atoms with Gasteiger partial charge in [-0.1, -0.05) is 30.3 Å². The van der Waals surface area contributed by atoms with Gasteiger partial charge in [0.1, 0.15) is 17.1 Å². The van der Waals surface area contributed by atoms with E-state index in [0.29, 0.717) is 36.4 Å². The number of carbonyl (C=O) groups excluding carboxylic acids is 1. The number of hydrogen-bond acceptors (Lipinski definition) is 4. The molecule has 2 N–H and O–H groups in total. The van der Waals surface area contributed by atoms with E-state index < -0.39 is 5.60 Å². The van der Waals surface area contributed by atoms with Crippen LogP contribution in [0.2, 0.25) is 0 Å². The molecule has 0 aliphatic carbocycles. The maximum Gasteiger partial charge on any atom is 0.257 e. The van der Waals surface area contributed by atoms with Crippen molar-refractivity contribution in [2.75, 3.05) is 19.7 Å². The number of para-hydroxylation sites is 2. The molecule has 3 rings (SSSR count). The van der Waals surface area contributed by atoms with Crippen LogP contribution in [-0.2, 0) is 0 Å². The van der Waals surface area contributed by atoms with Crippen LogP contribution in [0.1, 0.15) is 23.2 Å². The first kappa shape index (κ1) is 16.5. The van der Waals surface area contributed by atoms with Crippen LogP contribution >= 0.6 is 0 Å². The molecule has 0 bridgehead atoms. The summed E-state index contributed by atoms with van der Waals surface area (Å²) < 4.78 is 5.84. The Morgan fingerprint density at radius 3 is 2.58 bits per heavy atom. The van der Waals surface area contributed by atoms with Crippen LogP contribution in [0, 0.1) is 0 Å². The smallest absolute Gasteiger partial charge is 0.257 e. The Kier molecular flexibility index (Phi) is 4.83. The third kappa shape index (κ3) is 3.58. The predicted molar refractivity (Wildman–Crippen MR) is 90.1 cm³/mol. The van der Waals surface area contributed by atoms with E-state index in [1.165, 1.54) is 0 Å². The highest BCUT2D eigenvalue weighted by Crippen LogP contribution is 2.28. The van der Waals surface area contributed by atoms with E-state index in [1.807, 2.05) is 36.4 Å². The monoisotopic (exact) mass is 327 g/mol. The summed E-state index contributed by atoms with van der Waals surface area (Å²) in [5.74, 6) is 0.933. The van der Waals surface area contributed by atoms with Crippen LogP contribution < -0.4 is 4.74 Å². The van der Waals surface area contributed by atoms with Crippen molar-refractivity contribution in [2.24, 2.45) is 0 Å². The fourth-order valence-corrected chi connectivity index (χ4v) is 2.93. The van der Waals surface area contributed by atoms with Gasteiger partial charge in [-0.3, -0.25) is 4.79 Å². The second kappa shape index (κ2) is 7.03. The van der Waals surface area contributed by atoms with Crippen LogP contribution in [0.3, 0.4) is 0 Å². The number of carbonyl (C=O) groups is 1. The summed E-state index contributed by atoms with van der Waals surface area (Å²) >= 11 is 0. The predicted octanol–water partition coefficient (Wildman–Crippen LogP) is 2.44. The van der Waals surface area contributed by atoms with Gasteiger partial charge >= 0.3 is 0 Å². The molecule has 5 nitrogen and oxygen atoms in total. The zero-order valence-electron chi connectivity index (χ0n) is 13.4. The SMILES string of the molecule is O=C(c1ccccc1Oc1ccccc1)N1CCCC(O)(CO)C1. The van der Waals surface area contributed by atoms with E-state index in [0.717, 1.165) is 0 Å². The van der Waals surface area contributed by atoms with Gasteiger partial charge in [0.05, 0.1) is 18.7 Å². The topological polar surface area (TPSA) is 70.0 Å². The molecule has 1 aliphatic heterocycles. The van der Waals surface area contributed by atoms with Crippen molar-refractivity contribution in [2.45, 2.75) is 18.4 Å².